The normalized spacial score (nSPS) is 24.7. The Balaban J connectivity index is 4.23. The first-order chi connectivity index (χ1) is 4.15. The van der Waals surface area contributed by atoms with Gasteiger partial charge in [0.15, 0.2) is 0 Å². The zero-order valence-corrected chi connectivity index (χ0v) is 6.51. The highest BCUT2D eigenvalue weighted by Crippen LogP contribution is 2.01. The number of hydrogen-bond donors (Lipinski definition) is 0. The summed E-state index contributed by atoms with van der Waals surface area (Å²) in [5.41, 5.74) is 0. The summed E-state index contributed by atoms with van der Waals surface area (Å²) in [5.74, 6) is -0.736. The number of hydrogen-bond acceptors (Lipinski definition) is 0. The Morgan fingerprint density at radius 3 is 2.00 bits per heavy atom. The van der Waals surface area contributed by atoms with Crippen molar-refractivity contribution in [1.82, 2.24) is 0 Å². The molecular formula is C4H8Br2. The van der Waals surface area contributed by atoms with Crippen LogP contribution in [0.2, 0.25) is 0 Å². The molecule has 0 aromatic rings. The van der Waals surface area contributed by atoms with E-state index in [9.17, 15) is 0 Å². The third-order valence-electron chi connectivity index (χ3n) is 0.327. The van der Waals surface area contributed by atoms with Gasteiger partial charge in [-0.1, -0.05) is 38.8 Å². The highest BCUT2D eigenvalue weighted by atomic mass is 79.9. The van der Waals surface area contributed by atoms with Crippen LogP contribution in [-0.4, -0.2) is 10.6 Å². The van der Waals surface area contributed by atoms with Gasteiger partial charge in [0.05, 0.1) is 0 Å². The standard InChI is InChI=1S/C4H8Br2/c1-4(2-5)3-6/h4H,2-3H2,1H3/i2D2,3D2. The monoisotopic (exact) mass is 218 g/mol. The first-order valence-corrected chi connectivity index (χ1v) is 3.12. The Morgan fingerprint density at radius 2 is 2.00 bits per heavy atom. The molecule has 0 rings (SSSR count). The van der Waals surface area contributed by atoms with Crippen molar-refractivity contribution in [1.29, 1.82) is 0 Å². The van der Waals surface area contributed by atoms with Gasteiger partial charge in [-0.05, 0) is 5.92 Å². The van der Waals surface area contributed by atoms with Crippen LogP contribution < -0.4 is 0 Å². The molecule has 0 unspecified atom stereocenters. The van der Waals surface area contributed by atoms with Crippen molar-refractivity contribution >= 4 is 31.9 Å². The molecule has 0 aliphatic rings. The summed E-state index contributed by atoms with van der Waals surface area (Å²) < 4.78 is 28.4. The van der Waals surface area contributed by atoms with Gasteiger partial charge in [0.1, 0.15) is 0 Å². The van der Waals surface area contributed by atoms with Crippen molar-refractivity contribution in [3.63, 3.8) is 0 Å². The summed E-state index contributed by atoms with van der Waals surface area (Å²) in [7, 11) is 0. The Labute approximate surface area is 61.2 Å². The van der Waals surface area contributed by atoms with Crippen molar-refractivity contribution in [3.8, 4) is 0 Å². The molecule has 0 atom stereocenters. The van der Waals surface area contributed by atoms with Gasteiger partial charge in [-0.15, -0.1) is 0 Å². The summed E-state index contributed by atoms with van der Waals surface area (Å²) in [5, 5.41) is -3.33. The second-order valence-corrected chi connectivity index (χ2v) is 1.86. The molecule has 0 N–H and O–H groups in total. The third-order valence-corrected chi connectivity index (χ3v) is 1.70. The number of rotatable bonds is 2. The molecule has 0 saturated heterocycles. The molecule has 0 heterocycles. The number of alkyl halides is 2. The van der Waals surface area contributed by atoms with Crippen LogP contribution in [0.1, 0.15) is 12.4 Å². The first-order valence-electron chi connectivity index (χ1n) is 3.53. The van der Waals surface area contributed by atoms with Crippen molar-refractivity contribution < 1.29 is 5.48 Å². The van der Waals surface area contributed by atoms with Crippen molar-refractivity contribution in [2.75, 3.05) is 10.6 Å². The summed E-state index contributed by atoms with van der Waals surface area (Å²) in [6.45, 7) is 1.49. The van der Waals surface area contributed by atoms with E-state index in [2.05, 4.69) is 31.9 Å². The molecule has 0 saturated carbocycles. The smallest absolute Gasteiger partial charge is 0.0390 e. The molecule has 0 fully saturated rings. The molecule has 0 spiro atoms. The van der Waals surface area contributed by atoms with E-state index in [-0.39, 0.29) is 0 Å². The van der Waals surface area contributed by atoms with Crippen LogP contribution in [-0.2, 0) is 0 Å². The minimum atomic E-state index is -1.67. The van der Waals surface area contributed by atoms with E-state index in [1.165, 1.54) is 6.92 Å². The van der Waals surface area contributed by atoms with Crippen molar-refractivity contribution in [3.05, 3.63) is 0 Å². The fourth-order valence-corrected chi connectivity index (χ4v) is 0.557. The molecular weight excluding hydrogens is 208 g/mol. The van der Waals surface area contributed by atoms with E-state index in [4.69, 9.17) is 5.48 Å². The molecule has 0 aromatic heterocycles. The van der Waals surface area contributed by atoms with Gasteiger partial charge in [-0.25, -0.2) is 0 Å². The van der Waals surface area contributed by atoms with Gasteiger partial charge >= 0.3 is 0 Å². The van der Waals surface area contributed by atoms with Crippen LogP contribution in [0, 0.1) is 5.92 Å². The van der Waals surface area contributed by atoms with Gasteiger partial charge in [-0.2, -0.15) is 0 Å². The lowest BCUT2D eigenvalue weighted by Crippen LogP contribution is -1.94. The van der Waals surface area contributed by atoms with E-state index in [0.717, 1.165) is 0 Å². The zero-order chi connectivity index (χ0) is 8.58. The van der Waals surface area contributed by atoms with Gasteiger partial charge in [0.25, 0.3) is 0 Å². The molecule has 6 heavy (non-hydrogen) atoms. The second-order valence-electron chi connectivity index (χ2n) is 0.940. The van der Waals surface area contributed by atoms with Crippen LogP contribution >= 0.6 is 31.9 Å². The van der Waals surface area contributed by atoms with E-state index in [1.807, 2.05) is 0 Å². The Hall–Kier alpha value is 0.960. The highest BCUT2D eigenvalue weighted by molar-refractivity contribution is 9.09. The van der Waals surface area contributed by atoms with Crippen LogP contribution in [0.4, 0.5) is 0 Å². The SMILES string of the molecule is [2H]C([2H])(Br)C(C)C([2H])([2H])Br. The average molecular weight is 220 g/mol. The summed E-state index contributed by atoms with van der Waals surface area (Å²) >= 11 is 5.49. The predicted molar refractivity (Wildman–Crippen MR) is 36.8 cm³/mol. The predicted octanol–water partition coefficient (Wildman–Crippen LogP) is 2.41. The highest BCUT2D eigenvalue weighted by Gasteiger charge is 1.91. The molecule has 38 valence electrons. The Morgan fingerprint density at radius 1 is 1.67 bits per heavy atom. The number of halogens is 2. The largest absolute Gasteiger partial charge is 0.0925 e. The maximum absolute atomic E-state index is 7.11. The van der Waals surface area contributed by atoms with Crippen LogP contribution in [0.15, 0.2) is 0 Å². The second kappa shape index (κ2) is 4.13. The Kier molecular flexibility index (Phi) is 1.71. The lowest BCUT2D eigenvalue weighted by Gasteiger charge is -1.95. The molecule has 0 nitrogen and oxygen atoms in total. The molecule has 0 bridgehead atoms. The third kappa shape index (κ3) is 3.16. The lowest BCUT2D eigenvalue weighted by atomic mass is 10.3. The van der Waals surface area contributed by atoms with E-state index in [0.29, 0.717) is 0 Å². The molecule has 0 radical (unpaired) electrons. The Bertz CT molecular complexity index is 99.4. The van der Waals surface area contributed by atoms with Gasteiger partial charge < -0.3 is 0 Å². The molecule has 0 aliphatic heterocycles. The van der Waals surface area contributed by atoms with Gasteiger partial charge in [0, 0.05) is 16.0 Å². The van der Waals surface area contributed by atoms with Crippen molar-refractivity contribution in [2.24, 2.45) is 5.92 Å². The summed E-state index contributed by atoms with van der Waals surface area (Å²) in [6.07, 6.45) is 0. The van der Waals surface area contributed by atoms with E-state index >= 15 is 0 Å². The molecule has 0 aromatic carbocycles. The minimum absolute atomic E-state index is 0.736. The lowest BCUT2D eigenvalue weighted by molar-refractivity contribution is 0.777. The maximum atomic E-state index is 7.11. The zero-order valence-electron chi connectivity index (χ0n) is 7.33. The van der Waals surface area contributed by atoms with Gasteiger partial charge in [0.2, 0.25) is 0 Å². The van der Waals surface area contributed by atoms with Crippen molar-refractivity contribution in [2.45, 2.75) is 6.92 Å². The van der Waals surface area contributed by atoms with Crippen LogP contribution in [0.5, 0.6) is 0 Å². The maximum Gasteiger partial charge on any atom is 0.0390 e. The fraction of sp³-hybridized carbons (Fsp3) is 1.00. The van der Waals surface area contributed by atoms with Crippen LogP contribution in [0.3, 0.4) is 0 Å². The topological polar surface area (TPSA) is 0 Å². The summed E-state index contributed by atoms with van der Waals surface area (Å²) in [6, 6.07) is 0. The van der Waals surface area contributed by atoms with Gasteiger partial charge in [-0.3, -0.25) is 0 Å². The molecule has 0 amide bonds. The summed E-state index contributed by atoms with van der Waals surface area (Å²) in [4.78, 5) is 0. The molecule has 2 heteroatoms. The molecule has 0 aliphatic carbocycles. The van der Waals surface area contributed by atoms with Crippen LogP contribution in [0.25, 0.3) is 0 Å². The average Bonchev–Trinajstić information content (AvgIpc) is 1.59. The van der Waals surface area contributed by atoms with E-state index in [1.54, 1.807) is 0 Å². The quantitative estimate of drug-likeness (QED) is 0.626. The fourth-order valence-electron chi connectivity index (χ4n) is 0.0206. The van der Waals surface area contributed by atoms with E-state index < -0.39 is 16.5 Å². The minimum Gasteiger partial charge on any atom is -0.0925 e. The first kappa shape index (κ1) is 2.49.